The molecule has 2 N–H and O–H groups in total. The standard InChI is InChI=1S/C19H21FN2O.ClH/c1-13(18(21)14-6-3-2-4-7-14)19(23)22-11-5-8-15-12-16(20)9-10-17(15)22;/h2-4,6-7,9-10,12-13,18H,5,8,11,21H2,1H3;1H. The molecule has 2 aromatic carbocycles. The van der Waals surface area contributed by atoms with Crippen LogP contribution < -0.4 is 10.6 Å². The van der Waals surface area contributed by atoms with Crippen molar-refractivity contribution in [2.24, 2.45) is 11.7 Å². The molecule has 24 heavy (non-hydrogen) atoms. The van der Waals surface area contributed by atoms with Gasteiger partial charge in [0.1, 0.15) is 5.82 Å². The van der Waals surface area contributed by atoms with E-state index >= 15 is 0 Å². The maximum atomic E-state index is 13.4. The lowest BCUT2D eigenvalue weighted by atomic mass is 9.92. The number of carbonyl (C=O) groups excluding carboxylic acids is 1. The maximum Gasteiger partial charge on any atom is 0.231 e. The molecule has 1 heterocycles. The van der Waals surface area contributed by atoms with E-state index in [0.717, 1.165) is 29.7 Å². The van der Waals surface area contributed by atoms with E-state index in [2.05, 4.69) is 0 Å². The van der Waals surface area contributed by atoms with Crippen LogP contribution in [0.2, 0.25) is 0 Å². The molecule has 0 aromatic heterocycles. The highest BCUT2D eigenvalue weighted by molar-refractivity contribution is 5.96. The summed E-state index contributed by atoms with van der Waals surface area (Å²) in [6, 6.07) is 13.9. The Labute approximate surface area is 148 Å². The van der Waals surface area contributed by atoms with Crippen LogP contribution in [0.3, 0.4) is 0 Å². The molecule has 0 radical (unpaired) electrons. The van der Waals surface area contributed by atoms with Crippen molar-refractivity contribution >= 4 is 24.0 Å². The molecule has 0 saturated heterocycles. The second-order valence-corrected chi connectivity index (χ2v) is 6.09. The van der Waals surface area contributed by atoms with Crippen LogP contribution in [0.25, 0.3) is 0 Å². The fraction of sp³-hybridized carbons (Fsp3) is 0.316. The molecule has 3 rings (SSSR count). The summed E-state index contributed by atoms with van der Waals surface area (Å²) in [6.07, 6.45) is 1.64. The van der Waals surface area contributed by atoms with E-state index in [0.29, 0.717) is 6.54 Å². The predicted octanol–water partition coefficient (Wildman–Crippen LogP) is 3.86. The van der Waals surface area contributed by atoms with Crippen LogP contribution in [0.1, 0.15) is 30.5 Å². The van der Waals surface area contributed by atoms with Gasteiger partial charge in [-0.15, -0.1) is 12.4 Å². The highest BCUT2D eigenvalue weighted by Gasteiger charge is 2.30. The van der Waals surface area contributed by atoms with Gasteiger partial charge in [-0.05, 0) is 42.2 Å². The summed E-state index contributed by atoms with van der Waals surface area (Å²) in [6.45, 7) is 2.51. The minimum atomic E-state index is -0.352. The lowest BCUT2D eigenvalue weighted by Crippen LogP contribution is -2.42. The fourth-order valence-electron chi connectivity index (χ4n) is 3.16. The third-order valence-corrected chi connectivity index (χ3v) is 4.54. The van der Waals surface area contributed by atoms with E-state index in [1.54, 1.807) is 11.0 Å². The first kappa shape index (κ1) is 18.4. The Hall–Kier alpha value is -1.91. The highest BCUT2D eigenvalue weighted by Crippen LogP contribution is 2.31. The number of fused-ring (bicyclic) bond motifs is 1. The summed E-state index contributed by atoms with van der Waals surface area (Å²) in [5.41, 5.74) is 8.94. The molecule has 0 bridgehead atoms. The summed E-state index contributed by atoms with van der Waals surface area (Å²) in [5.74, 6) is -0.602. The van der Waals surface area contributed by atoms with Crippen molar-refractivity contribution in [2.45, 2.75) is 25.8 Å². The van der Waals surface area contributed by atoms with Crippen molar-refractivity contribution in [1.82, 2.24) is 0 Å². The first-order valence-electron chi connectivity index (χ1n) is 7.98. The van der Waals surface area contributed by atoms with Crippen molar-refractivity contribution < 1.29 is 9.18 Å². The van der Waals surface area contributed by atoms with Crippen molar-refractivity contribution in [3.8, 4) is 0 Å². The summed E-state index contributed by atoms with van der Waals surface area (Å²) in [4.78, 5) is 14.7. The third kappa shape index (κ3) is 3.60. The molecule has 0 aliphatic carbocycles. The Morgan fingerprint density at radius 1 is 1.21 bits per heavy atom. The van der Waals surface area contributed by atoms with Crippen LogP contribution in [0.15, 0.2) is 48.5 Å². The van der Waals surface area contributed by atoms with Crippen LogP contribution in [0, 0.1) is 11.7 Å². The zero-order chi connectivity index (χ0) is 16.4. The Morgan fingerprint density at radius 3 is 2.62 bits per heavy atom. The third-order valence-electron chi connectivity index (χ3n) is 4.54. The second kappa shape index (κ2) is 7.77. The van der Waals surface area contributed by atoms with Gasteiger partial charge in [-0.1, -0.05) is 37.3 Å². The number of hydrogen-bond donors (Lipinski definition) is 1. The van der Waals surface area contributed by atoms with E-state index in [4.69, 9.17) is 5.73 Å². The van der Waals surface area contributed by atoms with Gasteiger partial charge in [-0.25, -0.2) is 4.39 Å². The van der Waals surface area contributed by atoms with Gasteiger partial charge < -0.3 is 10.6 Å². The Morgan fingerprint density at radius 2 is 1.92 bits per heavy atom. The molecule has 1 aliphatic rings. The molecule has 1 aliphatic heterocycles. The first-order chi connectivity index (χ1) is 11.1. The van der Waals surface area contributed by atoms with Crippen molar-refractivity contribution in [1.29, 1.82) is 0 Å². The molecule has 5 heteroatoms. The number of rotatable bonds is 3. The summed E-state index contributed by atoms with van der Waals surface area (Å²) in [5, 5.41) is 0. The summed E-state index contributed by atoms with van der Waals surface area (Å²) < 4.78 is 13.4. The molecule has 1 amide bonds. The highest BCUT2D eigenvalue weighted by atomic mass is 35.5. The number of aryl methyl sites for hydroxylation is 1. The Kier molecular flexibility index (Phi) is 5.97. The van der Waals surface area contributed by atoms with E-state index < -0.39 is 0 Å². The number of nitrogens with two attached hydrogens (primary N) is 1. The van der Waals surface area contributed by atoms with Gasteiger partial charge in [-0.2, -0.15) is 0 Å². The Bertz CT molecular complexity index is 708. The van der Waals surface area contributed by atoms with Crippen LogP contribution in [0.5, 0.6) is 0 Å². The normalized spacial score (nSPS) is 15.9. The van der Waals surface area contributed by atoms with Gasteiger partial charge in [0.25, 0.3) is 0 Å². The smallest absolute Gasteiger partial charge is 0.231 e. The molecule has 2 aromatic rings. The largest absolute Gasteiger partial charge is 0.323 e. The molecule has 128 valence electrons. The van der Waals surface area contributed by atoms with Crippen LogP contribution in [-0.4, -0.2) is 12.5 Å². The monoisotopic (exact) mass is 348 g/mol. The average Bonchev–Trinajstić information content (AvgIpc) is 2.59. The molecule has 0 fully saturated rings. The minimum absolute atomic E-state index is 0. The number of amides is 1. The maximum absolute atomic E-state index is 13.4. The second-order valence-electron chi connectivity index (χ2n) is 6.09. The quantitative estimate of drug-likeness (QED) is 0.915. The van der Waals surface area contributed by atoms with Crippen LogP contribution in [0.4, 0.5) is 10.1 Å². The number of carbonyl (C=O) groups is 1. The van der Waals surface area contributed by atoms with E-state index in [1.807, 2.05) is 37.3 Å². The zero-order valence-corrected chi connectivity index (χ0v) is 14.4. The fourth-order valence-corrected chi connectivity index (χ4v) is 3.16. The zero-order valence-electron chi connectivity index (χ0n) is 13.6. The van der Waals surface area contributed by atoms with Gasteiger partial charge in [-0.3, -0.25) is 4.79 Å². The number of benzene rings is 2. The molecular weight excluding hydrogens is 327 g/mol. The number of halogens is 2. The lowest BCUT2D eigenvalue weighted by Gasteiger charge is -2.33. The first-order valence-corrected chi connectivity index (χ1v) is 7.98. The summed E-state index contributed by atoms with van der Waals surface area (Å²) in [7, 11) is 0. The SMILES string of the molecule is CC(C(=O)N1CCCc2cc(F)ccc21)C(N)c1ccccc1.Cl. The van der Waals surface area contributed by atoms with Crippen molar-refractivity contribution in [2.75, 3.05) is 11.4 Å². The molecule has 0 saturated carbocycles. The Balaban J connectivity index is 0.00000208. The average molecular weight is 349 g/mol. The topological polar surface area (TPSA) is 46.3 Å². The van der Waals surface area contributed by atoms with Crippen LogP contribution in [-0.2, 0) is 11.2 Å². The van der Waals surface area contributed by atoms with Gasteiger partial charge in [0.15, 0.2) is 0 Å². The summed E-state index contributed by atoms with van der Waals surface area (Å²) >= 11 is 0. The van der Waals surface area contributed by atoms with E-state index in [-0.39, 0.29) is 36.1 Å². The van der Waals surface area contributed by atoms with Crippen molar-refractivity contribution in [3.05, 3.63) is 65.5 Å². The van der Waals surface area contributed by atoms with Crippen molar-refractivity contribution in [3.63, 3.8) is 0 Å². The number of anilines is 1. The number of hydrogen-bond acceptors (Lipinski definition) is 2. The molecule has 3 nitrogen and oxygen atoms in total. The van der Waals surface area contributed by atoms with E-state index in [9.17, 15) is 9.18 Å². The van der Waals surface area contributed by atoms with E-state index in [1.165, 1.54) is 12.1 Å². The van der Waals surface area contributed by atoms with Crippen LogP contribution >= 0.6 is 12.4 Å². The molecule has 2 unspecified atom stereocenters. The molecular formula is C19H22ClFN2O. The molecule has 0 spiro atoms. The number of nitrogens with zero attached hydrogens (tertiary/aromatic N) is 1. The minimum Gasteiger partial charge on any atom is -0.323 e. The van der Waals surface area contributed by atoms with Gasteiger partial charge in [0.05, 0.1) is 5.92 Å². The lowest BCUT2D eigenvalue weighted by molar-refractivity contribution is -0.122. The van der Waals surface area contributed by atoms with Gasteiger partial charge in [0, 0.05) is 18.3 Å². The predicted molar refractivity (Wildman–Crippen MR) is 96.9 cm³/mol. The molecule has 2 atom stereocenters. The van der Waals surface area contributed by atoms with Gasteiger partial charge in [0.2, 0.25) is 5.91 Å². The van der Waals surface area contributed by atoms with Gasteiger partial charge >= 0.3 is 0 Å².